The van der Waals surface area contributed by atoms with Crippen molar-refractivity contribution in [2.24, 2.45) is 5.92 Å². The van der Waals surface area contributed by atoms with E-state index in [0.29, 0.717) is 12.5 Å². The van der Waals surface area contributed by atoms with Gasteiger partial charge in [0.15, 0.2) is 0 Å². The van der Waals surface area contributed by atoms with E-state index < -0.39 is 0 Å². The first-order chi connectivity index (χ1) is 8.61. The normalized spacial score (nSPS) is 10.9. The summed E-state index contributed by atoms with van der Waals surface area (Å²) in [5.74, 6) is 0.722. The fourth-order valence-corrected chi connectivity index (χ4v) is 2.50. The molecule has 102 valence electrons. The van der Waals surface area contributed by atoms with Crippen LogP contribution in [0.4, 0.5) is 0 Å². The van der Waals surface area contributed by atoms with Crippen molar-refractivity contribution in [3.8, 4) is 0 Å². The number of carbonyl (C=O) groups excluding carboxylic acids is 1. The summed E-state index contributed by atoms with van der Waals surface area (Å²) in [5.41, 5.74) is 0. The summed E-state index contributed by atoms with van der Waals surface area (Å²) in [4.78, 5) is 14.2. The second-order valence-corrected chi connectivity index (χ2v) is 6.11. The topological polar surface area (TPSA) is 41.1 Å². The molecule has 3 nitrogen and oxygen atoms in total. The molecule has 0 fully saturated rings. The summed E-state index contributed by atoms with van der Waals surface area (Å²) < 4.78 is 0. The number of aryl methyl sites for hydroxylation is 1. The Morgan fingerprint density at radius 3 is 2.67 bits per heavy atom. The van der Waals surface area contributed by atoms with Crippen LogP contribution in [-0.4, -0.2) is 19.0 Å². The number of carbonyl (C=O) groups is 1. The largest absolute Gasteiger partial charge is 0.355 e. The molecule has 0 saturated heterocycles. The summed E-state index contributed by atoms with van der Waals surface area (Å²) in [6.07, 6.45) is 2.12. The van der Waals surface area contributed by atoms with Gasteiger partial charge in [0.05, 0.1) is 6.54 Å². The minimum Gasteiger partial charge on any atom is -0.355 e. The number of amides is 1. The van der Waals surface area contributed by atoms with E-state index in [0.717, 1.165) is 25.9 Å². The third-order valence-corrected chi connectivity index (χ3v) is 3.92. The van der Waals surface area contributed by atoms with Crippen LogP contribution in [0.25, 0.3) is 0 Å². The van der Waals surface area contributed by atoms with E-state index in [1.54, 1.807) is 0 Å². The van der Waals surface area contributed by atoms with Gasteiger partial charge in [0.1, 0.15) is 0 Å². The molecule has 0 radical (unpaired) electrons. The third-order valence-electron chi connectivity index (χ3n) is 2.69. The smallest absolute Gasteiger partial charge is 0.233 e. The third kappa shape index (κ3) is 6.17. The SMILES string of the molecule is CCc1ccc(CNCC(=O)NCCC(C)C)s1. The molecule has 0 aliphatic carbocycles. The lowest BCUT2D eigenvalue weighted by atomic mass is 10.1. The highest BCUT2D eigenvalue weighted by atomic mass is 32.1. The Morgan fingerprint density at radius 2 is 2.06 bits per heavy atom. The first-order valence-corrected chi connectivity index (χ1v) is 7.48. The monoisotopic (exact) mass is 268 g/mol. The Labute approximate surface area is 114 Å². The highest BCUT2D eigenvalue weighted by Crippen LogP contribution is 2.16. The Bertz CT molecular complexity index is 360. The standard InChI is InChI=1S/C14H24N2OS/c1-4-12-5-6-13(18-12)9-15-10-14(17)16-8-7-11(2)3/h5-6,11,15H,4,7-10H2,1-3H3,(H,16,17). The highest BCUT2D eigenvalue weighted by molar-refractivity contribution is 7.11. The van der Waals surface area contributed by atoms with E-state index >= 15 is 0 Å². The average Bonchev–Trinajstić information content (AvgIpc) is 2.76. The molecule has 0 aliphatic heterocycles. The van der Waals surface area contributed by atoms with E-state index in [-0.39, 0.29) is 5.91 Å². The second-order valence-electron chi connectivity index (χ2n) is 4.86. The summed E-state index contributed by atoms with van der Waals surface area (Å²) in [5, 5.41) is 6.09. The molecule has 1 aromatic heterocycles. The van der Waals surface area contributed by atoms with Gasteiger partial charge in [-0.3, -0.25) is 4.79 Å². The molecule has 1 heterocycles. The number of hydrogen-bond acceptors (Lipinski definition) is 3. The van der Waals surface area contributed by atoms with Crippen LogP contribution in [0.15, 0.2) is 12.1 Å². The van der Waals surface area contributed by atoms with Crippen LogP contribution in [0.5, 0.6) is 0 Å². The van der Waals surface area contributed by atoms with Gasteiger partial charge in [-0.25, -0.2) is 0 Å². The lowest BCUT2D eigenvalue weighted by Crippen LogP contribution is -2.34. The Balaban J connectivity index is 2.11. The van der Waals surface area contributed by atoms with Crippen molar-refractivity contribution in [1.29, 1.82) is 0 Å². The molecular weight excluding hydrogens is 244 g/mol. The van der Waals surface area contributed by atoms with Crippen LogP contribution < -0.4 is 10.6 Å². The van der Waals surface area contributed by atoms with Gasteiger partial charge in [-0.2, -0.15) is 0 Å². The van der Waals surface area contributed by atoms with Gasteiger partial charge in [-0.15, -0.1) is 11.3 Å². The quantitative estimate of drug-likeness (QED) is 0.761. The first-order valence-electron chi connectivity index (χ1n) is 6.66. The fourth-order valence-electron chi connectivity index (χ4n) is 1.57. The molecule has 1 amide bonds. The second kappa shape index (κ2) is 8.27. The van der Waals surface area contributed by atoms with Crippen LogP contribution in [0, 0.1) is 5.92 Å². The van der Waals surface area contributed by atoms with Crippen molar-refractivity contribution in [3.63, 3.8) is 0 Å². The molecule has 0 spiro atoms. The van der Waals surface area contributed by atoms with Crippen molar-refractivity contribution < 1.29 is 4.79 Å². The molecule has 1 aromatic rings. The molecule has 18 heavy (non-hydrogen) atoms. The predicted octanol–water partition coefficient (Wildman–Crippen LogP) is 2.56. The number of nitrogens with one attached hydrogen (secondary N) is 2. The van der Waals surface area contributed by atoms with Gasteiger partial charge >= 0.3 is 0 Å². The minimum absolute atomic E-state index is 0.0860. The molecule has 1 rings (SSSR count). The summed E-state index contributed by atoms with van der Waals surface area (Å²) in [6, 6.07) is 4.29. The summed E-state index contributed by atoms with van der Waals surface area (Å²) >= 11 is 1.81. The zero-order valence-electron chi connectivity index (χ0n) is 11.6. The van der Waals surface area contributed by atoms with E-state index in [4.69, 9.17) is 0 Å². The van der Waals surface area contributed by atoms with Crippen LogP contribution in [0.1, 0.15) is 36.9 Å². The average molecular weight is 268 g/mol. The molecule has 2 N–H and O–H groups in total. The molecule has 0 bridgehead atoms. The first kappa shape index (κ1) is 15.2. The van der Waals surface area contributed by atoms with Crippen LogP contribution in [0.2, 0.25) is 0 Å². The van der Waals surface area contributed by atoms with Crippen LogP contribution >= 0.6 is 11.3 Å². The Kier molecular flexibility index (Phi) is 6.98. The van der Waals surface area contributed by atoms with E-state index in [2.05, 4.69) is 43.5 Å². The molecule has 0 atom stereocenters. The molecule has 4 heteroatoms. The maximum Gasteiger partial charge on any atom is 0.233 e. The maximum absolute atomic E-state index is 11.5. The van der Waals surface area contributed by atoms with E-state index in [1.165, 1.54) is 9.75 Å². The van der Waals surface area contributed by atoms with E-state index in [9.17, 15) is 4.79 Å². The fraction of sp³-hybridized carbons (Fsp3) is 0.643. The lowest BCUT2D eigenvalue weighted by Gasteiger charge is -2.07. The van der Waals surface area contributed by atoms with Crippen LogP contribution in [-0.2, 0) is 17.8 Å². The van der Waals surface area contributed by atoms with Gasteiger partial charge in [-0.05, 0) is 30.9 Å². The van der Waals surface area contributed by atoms with Crippen molar-refractivity contribution in [1.82, 2.24) is 10.6 Å². The van der Waals surface area contributed by atoms with Crippen molar-refractivity contribution in [2.45, 2.75) is 40.2 Å². The predicted molar refractivity (Wildman–Crippen MR) is 77.9 cm³/mol. The number of thiophene rings is 1. The van der Waals surface area contributed by atoms with Gasteiger partial charge in [0.25, 0.3) is 0 Å². The number of hydrogen-bond donors (Lipinski definition) is 2. The number of rotatable bonds is 8. The molecular formula is C14H24N2OS. The van der Waals surface area contributed by atoms with Gasteiger partial charge in [0, 0.05) is 22.8 Å². The lowest BCUT2D eigenvalue weighted by molar-refractivity contribution is -0.120. The molecule has 0 unspecified atom stereocenters. The highest BCUT2D eigenvalue weighted by Gasteiger charge is 2.02. The minimum atomic E-state index is 0.0860. The zero-order valence-corrected chi connectivity index (χ0v) is 12.4. The van der Waals surface area contributed by atoms with Crippen molar-refractivity contribution >= 4 is 17.2 Å². The Hall–Kier alpha value is -0.870. The van der Waals surface area contributed by atoms with Crippen molar-refractivity contribution in [2.75, 3.05) is 13.1 Å². The molecule has 0 aliphatic rings. The maximum atomic E-state index is 11.5. The van der Waals surface area contributed by atoms with E-state index in [1.807, 2.05) is 11.3 Å². The van der Waals surface area contributed by atoms with Gasteiger partial charge < -0.3 is 10.6 Å². The summed E-state index contributed by atoms with van der Waals surface area (Å²) in [7, 11) is 0. The molecule has 0 aromatic carbocycles. The summed E-state index contributed by atoms with van der Waals surface area (Å²) in [6.45, 7) is 8.43. The van der Waals surface area contributed by atoms with Gasteiger partial charge in [-0.1, -0.05) is 20.8 Å². The van der Waals surface area contributed by atoms with Gasteiger partial charge in [0.2, 0.25) is 5.91 Å². The zero-order chi connectivity index (χ0) is 13.4. The molecule has 0 saturated carbocycles. The van der Waals surface area contributed by atoms with Crippen LogP contribution in [0.3, 0.4) is 0 Å². The van der Waals surface area contributed by atoms with Crippen molar-refractivity contribution in [3.05, 3.63) is 21.9 Å². The Morgan fingerprint density at radius 1 is 1.33 bits per heavy atom.